The highest BCUT2D eigenvalue weighted by Gasteiger charge is 2.28. The van der Waals surface area contributed by atoms with Gasteiger partial charge in [-0.05, 0) is 63.9 Å². The van der Waals surface area contributed by atoms with E-state index < -0.39 is 4.92 Å². The number of anilines is 1. The quantitative estimate of drug-likeness (QED) is 0.444. The van der Waals surface area contributed by atoms with E-state index in [1.807, 2.05) is 0 Å². The zero-order valence-corrected chi connectivity index (χ0v) is 17.8. The molecule has 2 fully saturated rings. The van der Waals surface area contributed by atoms with Crippen LogP contribution in [0.5, 0.6) is 0 Å². The van der Waals surface area contributed by atoms with Gasteiger partial charge in [-0.25, -0.2) is 4.98 Å². The summed E-state index contributed by atoms with van der Waals surface area (Å²) in [5.74, 6) is 1.82. The van der Waals surface area contributed by atoms with Gasteiger partial charge in [0.2, 0.25) is 0 Å². The smallest absolute Gasteiger partial charge is 0.295 e. The van der Waals surface area contributed by atoms with Crippen molar-refractivity contribution in [1.29, 1.82) is 0 Å². The summed E-state index contributed by atoms with van der Waals surface area (Å²) in [4.78, 5) is 19.9. The lowest BCUT2D eigenvalue weighted by Gasteiger charge is -2.41. The highest BCUT2D eigenvalue weighted by Crippen LogP contribution is 2.34. The van der Waals surface area contributed by atoms with Gasteiger partial charge in [-0.3, -0.25) is 10.1 Å². The van der Waals surface area contributed by atoms with Gasteiger partial charge in [0, 0.05) is 39.3 Å². The van der Waals surface area contributed by atoms with Crippen molar-refractivity contribution >= 4 is 17.6 Å². The van der Waals surface area contributed by atoms with Gasteiger partial charge in [0.1, 0.15) is 17.1 Å². The molecule has 1 aromatic heterocycles. The molecule has 158 valence electrons. The lowest BCUT2D eigenvalue weighted by Crippen LogP contribution is -2.48. The zero-order chi connectivity index (χ0) is 21.0. The highest BCUT2D eigenvalue weighted by atomic mass is 16.6. The van der Waals surface area contributed by atoms with E-state index in [1.165, 1.54) is 18.1 Å². The third-order valence-corrected chi connectivity index (χ3v) is 5.05. The summed E-state index contributed by atoms with van der Waals surface area (Å²) in [6, 6.07) is 3.27. The summed E-state index contributed by atoms with van der Waals surface area (Å²) in [6.45, 7) is 9.54. The molecule has 8 heteroatoms. The summed E-state index contributed by atoms with van der Waals surface area (Å²) in [7, 11) is 1.75. The van der Waals surface area contributed by atoms with Gasteiger partial charge in [-0.2, -0.15) is 0 Å². The maximum absolute atomic E-state index is 11.3. The first-order valence-corrected chi connectivity index (χ1v) is 10.2. The normalized spacial score (nSPS) is 17.3. The average Bonchev–Trinajstić information content (AvgIpc) is 2.63. The summed E-state index contributed by atoms with van der Waals surface area (Å²) in [5, 5.41) is 14.1. The van der Waals surface area contributed by atoms with Crippen LogP contribution in [0.3, 0.4) is 0 Å². The first kappa shape index (κ1) is 21.0. The lowest BCUT2D eigenvalue weighted by molar-refractivity contribution is -0.385. The number of hydrogen-bond acceptors (Lipinski definition) is 7. The number of aromatic nitrogens is 1. The molecule has 1 saturated carbocycles. The second-order valence-corrected chi connectivity index (χ2v) is 8.40. The van der Waals surface area contributed by atoms with Crippen LogP contribution >= 0.6 is 0 Å². The van der Waals surface area contributed by atoms with Gasteiger partial charge in [0.25, 0.3) is 5.69 Å². The SMILES string of the molecule is CN/C=C/c1nc(N2CCN(C(OC(C)(C)C)=C3CCC3)CC2)ccc1[N+](=O)[O-]. The van der Waals surface area contributed by atoms with E-state index in [0.717, 1.165) is 50.7 Å². The molecule has 1 aromatic rings. The molecule has 29 heavy (non-hydrogen) atoms. The third kappa shape index (κ3) is 5.19. The lowest BCUT2D eigenvalue weighted by atomic mass is 9.92. The Morgan fingerprint density at radius 1 is 1.24 bits per heavy atom. The van der Waals surface area contributed by atoms with Gasteiger partial charge in [0.05, 0.1) is 4.92 Å². The van der Waals surface area contributed by atoms with Crippen LogP contribution < -0.4 is 10.2 Å². The molecule has 0 aromatic carbocycles. The topological polar surface area (TPSA) is 83.8 Å². The number of hydrogen-bond donors (Lipinski definition) is 1. The molecule has 0 spiro atoms. The van der Waals surface area contributed by atoms with E-state index in [-0.39, 0.29) is 11.3 Å². The second-order valence-electron chi connectivity index (χ2n) is 8.40. The summed E-state index contributed by atoms with van der Waals surface area (Å²) >= 11 is 0. The zero-order valence-electron chi connectivity index (χ0n) is 17.8. The minimum atomic E-state index is -0.398. The van der Waals surface area contributed by atoms with Crippen molar-refractivity contribution in [2.45, 2.75) is 45.6 Å². The Balaban J connectivity index is 1.73. The number of nitro groups is 1. The van der Waals surface area contributed by atoms with E-state index in [2.05, 4.69) is 40.9 Å². The van der Waals surface area contributed by atoms with E-state index in [0.29, 0.717) is 5.69 Å². The maximum atomic E-state index is 11.3. The molecule has 1 saturated heterocycles. The summed E-state index contributed by atoms with van der Waals surface area (Å²) in [5.41, 5.74) is 1.57. The van der Waals surface area contributed by atoms with Crippen molar-refractivity contribution in [3.8, 4) is 0 Å². The highest BCUT2D eigenvalue weighted by molar-refractivity contribution is 5.60. The Bertz CT molecular complexity index is 799. The fourth-order valence-electron chi connectivity index (χ4n) is 3.43. The fourth-order valence-corrected chi connectivity index (χ4v) is 3.43. The van der Waals surface area contributed by atoms with E-state index in [1.54, 1.807) is 25.4 Å². The molecule has 8 nitrogen and oxygen atoms in total. The molecular formula is C21H31N5O3. The molecule has 1 N–H and O–H groups in total. The minimum absolute atomic E-state index is 0.00876. The molecule has 2 aliphatic rings. The monoisotopic (exact) mass is 401 g/mol. The first-order chi connectivity index (χ1) is 13.8. The third-order valence-electron chi connectivity index (χ3n) is 5.05. The van der Waals surface area contributed by atoms with Gasteiger partial charge in [-0.1, -0.05) is 0 Å². The van der Waals surface area contributed by atoms with Crippen LogP contribution in [0.15, 0.2) is 29.8 Å². The largest absolute Gasteiger partial charge is 0.473 e. The standard InChI is InChI=1S/C21H31N5O3/c1-21(2,3)29-20(16-6-5-7-16)25-14-12-24(13-15-25)19-9-8-18(26(27)28)17(23-19)10-11-22-4/h8-11,22H,5-7,12-15H2,1-4H3/b11-10+. The minimum Gasteiger partial charge on any atom is -0.473 e. The predicted molar refractivity (Wildman–Crippen MR) is 114 cm³/mol. The molecule has 0 amide bonds. The van der Waals surface area contributed by atoms with Crippen LogP contribution in [-0.2, 0) is 4.74 Å². The maximum Gasteiger partial charge on any atom is 0.295 e. The Morgan fingerprint density at radius 3 is 2.45 bits per heavy atom. The van der Waals surface area contributed by atoms with Crippen LogP contribution in [-0.4, -0.2) is 53.6 Å². The molecular weight excluding hydrogens is 370 g/mol. The van der Waals surface area contributed by atoms with E-state index >= 15 is 0 Å². The molecule has 1 aliphatic heterocycles. The Morgan fingerprint density at radius 2 is 1.93 bits per heavy atom. The van der Waals surface area contributed by atoms with Crippen molar-refractivity contribution in [3.05, 3.63) is 45.6 Å². The second kappa shape index (κ2) is 8.71. The van der Waals surface area contributed by atoms with Gasteiger partial charge in [-0.15, -0.1) is 0 Å². The summed E-state index contributed by atoms with van der Waals surface area (Å²) in [6.07, 6.45) is 6.77. The van der Waals surface area contributed by atoms with Crippen LogP contribution in [0, 0.1) is 10.1 Å². The molecule has 0 atom stereocenters. The van der Waals surface area contributed by atoms with Crippen LogP contribution in [0.1, 0.15) is 45.7 Å². The molecule has 3 rings (SSSR count). The van der Waals surface area contributed by atoms with Crippen LogP contribution in [0.4, 0.5) is 11.5 Å². The molecule has 0 bridgehead atoms. The van der Waals surface area contributed by atoms with Gasteiger partial charge < -0.3 is 19.9 Å². The number of nitrogens with zero attached hydrogens (tertiary/aromatic N) is 4. The number of ether oxygens (including phenoxy) is 1. The number of pyridine rings is 1. The van der Waals surface area contributed by atoms with Crippen LogP contribution in [0.2, 0.25) is 0 Å². The predicted octanol–water partition coefficient (Wildman–Crippen LogP) is 3.51. The van der Waals surface area contributed by atoms with Gasteiger partial charge in [0.15, 0.2) is 5.88 Å². The van der Waals surface area contributed by atoms with Gasteiger partial charge >= 0.3 is 0 Å². The van der Waals surface area contributed by atoms with Crippen molar-refractivity contribution in [2.24, 2.45) is 0 Å². The van der Waals surface area contributed by atoms with Crippen molar-refractivity contribution in [3.63, 3.8) is 0 Å². The van der Waals surface area contributed by atoms with Crippen LogP contribution in [0.25, 0.3) is 6.08 Å². The molecule has 1 aliphatic carbocycles. The molecule has 2 heterocycles. The van der Waals surface area contributed by atoms with Crippen molar-refractivity contribution < 1.29 is 9.66 Å². The van der Waals surface area contributed by atoms with E-state index in [4.69, 9.17) is 4.74 Å². The first-order valence-electron chi connectivity index (χ1n) is 10.2. The Labute approximate surface area is 172 Å². The average molecular weight is 402 g/mol. The van der Waals surface area contributed by atoms with Crippen molar-refractivity contribution in [2.75, 3.05) is 38.1 Å². The Hall–Kier alpha value is -2.77. The molecule has 0 radical (unpaired) electrons. The Kier molecular flexibility index (Phi) is 6.30. The number of allylic oxidation sites excluding steroid dienone is 1. The fraction of sp³-hybridized carbons (Fsp3) is 0.571. The van der Waals surface area contributed by atoms with E-state index in [9.17, 15) is 10.1 Å². The number of rotatable bonds is 6. The molecule has 0 unspecified atom stereocenters. The number of nitrogens with one attached hydrogen (secondary N) is 1. The van der Waals surface area contributed by atoms with Crippen molar-refractivity contribution in [1.82, 2.24) is 15.2 Å². The number of piperazine rings is 1. The summed E-state index contributed by atoms with van der Waals surface area (Å²) < 4.78 is 6.31.